The topological polar surface area (TPSA) is 53.5 Å². The number of hydrogen-bond acceptors (Lipinski definition) is 7. The van der Waals surface area contributed by atoms with Crippen molar-refractivity contribution >= 4 is 35.2 Å². The monoisotopic (exact) mass is 441 g/mol. The van der Waals surface area contributed by atoms with Gasteiger partial charge < -0.3 is 14.4 Å². The first-order valence-corrected chi connectivity index (χ1v) is 11.0. The third-order valence-electron chi connectivity index (χ3n) is 4.97. The van der Waals surface area contributed by atoms with Crippen LogP contribution < -0.4 is 14.4 Å². The zero-order valence-corrected chi connectivity index (χ0v) is 18.4. The van der Waals surface area contributed by atoms with Gasteiger partial charge in [-0.1, -0.05) is 23.7 Å². The Kier molecular flexibility index (Phi) is 6.94. The van der Waals surface area contributed by atoms with E-state index in [0.29, 0.717) is 5.02 Å². The Morgan fingerprint density at radius 2 is 1.77 bits per heavy atom. The van der Waals surface area contributed by atoms with Crippen LogP contribution in [0.25, 0.3) is 0 Å². The number of hydrogen-bond donors (Lipinski definition) is 1. The number of halogens is 1. The Balaban J connectivity index is 1.28. The van der Waals surface area contributed by atoms with Gasteiger partial charge in [-0.3, -0.25) is 4.90 Å². The minimum atomic E-state index is 0.689. The van der Waals surface area contributed by atoms with Crippen LogP contribution in [0, 0.1) is 0 Å². The van der Waals surface area contributed by atoms with E-state index >= 15 is 0 Å². The van der Waals surface area contributed by atoms with Crippen molar-refractivity contribution in [1.82, 2.24) is 14.9 Å². The summed E-state index contributed by atoms with van der Waals surface area (Å²) in [5, 5.41) is 0.689. The summed E-state index contributed by atoms with van der Waals surface area (Å²) >= 11 is 7.59. The number of methoxy groups -OCH3 is 1. The fourth-order valence-corrected chi connectivity index (χ4v) is 4.38. The lowest BCUT2D eigenvalue weighted by Crippen LogP contribution is -2.46. The molecule has 1 aromatic heterocycles. The van der Waals surface area contributed by atoms with Gasteiger partial charge in [-0.25, -0.2) is 9.97 Å². The molecule has 6 nitrogen and oxygen atoms in total. The summed E-state index contributed by atoms with van der Waals surface area (Å²) in [7, 11) is 1.66. The molecule has 1 N–H and O–H groups in total. The Hall–Kier alpha value is -2.48. The van der Waals surface area contributed by atoms with E-state index in [0.717, 1.165) is 55.0 Å². The Bertz CT molecular complexity index is 950. The van der Waals surface area contributed by atoms with Crippen LogP contribution in [0.4, 0.5) is 11.6 Å². The fourth-order valence-electron chi connectivity index (χ4n) is 3.34. The van der Waals surface area contributed by atoms with Crippen LogP contribution in [-0.2, 0) is 6.54 Å². The van der Waals surface area contributed by atoms with Gasteiger partial charge in [0.25, 0.3) is 0 Å². The van der Waals surface area contributed by atoms with Gasteiger partial charge in [-0.15, -0.1) is 0 Å². The van der Waals surface area contributed by atoms with Gasteiger partial charge in [0.05, 0.1) is 12.0 Å². The number of benzene rings is 2. The van der Waals surface area contributed by atoms with E-state index in [1.165, 1.54) is 17.5 Å². The molecule has 0 amide bonds. The predicted octanol–water partition coefficient (Wildman–Crippen LogP) is 4.58. The van der Waals surface area contributed by atoms with Crippen LogP contribution in [0.5, 0.6) is 5.75 Å². The van der Waals surface area contributed by atoms with E-state index < -0.39 is 0 Å². The van der Waals surface area contributed by atoms with Crippen molar-refractivity contribution < 1.29 is 4.74 Å². The molecule has 0 spiro atoms. The van der Waals surface area contributed by atoms with Gasteiger partial charge in [0.15, 0.2) is 0 Å². The SMILES string of the molecule is COc1ccc(Cl)cc1SNc1ccc(CN2CCN(c3ncccn3)CC2)cc1. The average molecular weight is 442 g/mol. The highest BCUT2D eigenvalue weighted by atomic mass is 35.5. The molecular formula is C22H24ClN5OS. The summed E-state index contributed by atoms with van der Waals surface area (Å²) in [5.41, 5.74) is 2.34. The number of ether oxygens (including phenoxy) is 1. The molecule has 0 radical (unpaired) electrons. The second-order valence-corrected chi connectivity index (χ2v) is 8.29. The van der Waals surface area contributed by atoms with E-state index in [9.17, 15) is 0 Å². The minimum absolute atomic E-state index is 0.689. The first-order valence-electron chi connectivity index (χ1n) is 9.81. The maximum atomic E-state index is 6.10. The molecule has 1 aliphatic heterocycles. The highest BCUT2D eigenvalue weighted by molar-refractivity contribution is 8.00. The lowest BCUT2D eigenvalue weighted by molar-refractivity contribution is 0.248. The summed E-state index contributed by atoms with van der Waals surface area (Å²) in [5.74, 6) is 1.62. The van der Waals surface area contributed by atoms with Crippen LogP contribution in [-0.4, -0.2) is 48.2 Å². The van der Waals surface area contributed by atoms with E-state index in [2.05, 4.69) is 48.8 Å². The Morgan fingerprint density at radius 1 is 1.03 bits per heavy atom. The number of rotatable bonds is 7. The number of anilines is 2. The molecule has 1 aliphatic rings. The maximum absolute atomic E-state index is 6.10. The number of piperazine rings is 1. The molecule has 3 aromatic rings. The molecule has 2 aromatic carbocycles. The highest BCUT2D eigenvalue weighted by Crippen LogP contribution is 2.32. The first-order chi connectivity index (χ1) is 14.7. The van der Waals surface area contributed by atoms with Gasteiger partial charge in [-0.05, 0) is 53.9 Å². The molecule has 0 saturated carbocycles. The van der Waals surface area contributed by atoms with E-state index in [4.69, 9.17) is 16.3 Å². The smallest absolute Gasteiger partial charge is 0.225 e. The van der Waals surface area contributed by atoms with Crippen molar-refractivity contribution in [3.05, 3.63) is 71.5 Å². The molecule has 1 saturated heterocycles. The Morgan fingerprint density at radius 3 is 2.47 bits per heavy atom. The molecule has 0 bridgehead atoms. The van der Waals surface area contributed by atoms with Gasteiger partial charge in [0, 0.05) is 55.8 Å². The molecule has 0 atom stereocenters. The molecule has 156 valence electrons. The molecule has 1 fully saturated rings. The fraction of sp³-hybridized carbons (Fsp3) is 0.273. The molecule has 4 rings (SSSR count). The molecule has 0 unspecified atom stereocenters. The summed E-state index contributed by atoms with van der Waals surface area (Å²) in [6.07, 6.45) is 3.59. The third kappa shape index (κ3) is 5.36. The van der Waals surface area contributed by atoms with Crippen LogP contribution in [0.15, 0.2) is 65.8 Å². The first kappa shape index (κ1) is 20.8. The van der Waals surface area contributed by atoms with E-state index in [1.54, 1.807) is 19.5 Å². The van der Waals surface area contributed by atoms with Crippen LogP contribution in [0.3, 0.4) is 0 Å². The zero-order chi connectivity index (χ0) is 20.8. The minimum Gasteiger partial charge on any atom is -0.496 e. The van der Waals surface area contributed by atoms with E-state index in [1.807, 2.05) is 24.3 Å². The average Bonchev–Trinajstić information content (AvgIpc) is 2.80. The standard InChI is InChI=1S/C22H24ClN5OS/c1-29-20-8-5-18(23)15-21(20)30-26-19-6-3-17(4-7-19)16-27-11-13-28(14-12-27)22-24-9-2-10-25-22/h2-10,15,26H,11-14,16H2,1H3. The quantitative estimate of drug-likeness (QED) is 0.538. The molecule has 2 heterocycles. The predicted molar refractivity (Wildman–Crippen MR) is 123 cm³/mol. The van der Waals surface area contributed by atoms with Gasteiger partial charge in [-0.2, -0.15) is 0 Å². The maximum Gasteiger partial charge on any atom is 0.225 e. The summed E-state index contributed by atoms with van der Waals surface area (Å²) < 4.78 is 8.75. The van der Waals surface area contributed by atoms with Crippen molar-refractivity contribution in [3.8, 4) is 5.75 Å². The summed E-state index contributed by atoms with van der Waals surface area (Å²) in [6.45, 7) is 4.84. The number of nitrogens with zero attached hydrogens (tertiary/aromatic N) is 4. The van der Waals surface area contributed by atoms with Gasteiger partial charge >= 0.3 is 0 Å². The van der Waals surface area contributed by atoms with Crippen LogP contribution in [0.1, 0.15) is 5.56 Å². The van der Waals surface area contributed by atoms with Crippen molar-refractivity contribution in [1.29, 1.82) is 0 Å². The van der Waals surface area contributed by atoms with Gasteiger partial charge in [0.1, 0.15) is 5.75 Å². The summed E-state index contributed by atoms with van der Waals surface area (Å²) in [6, 6.07) is 16.0. The molecule has 8 heteroatoms. The van der Waals surface area contributed by atoms with Crippen molar-refractivity contribution in [2.24, 2.45) is 0 Å². The van der Waals surface area contributed by atoms with Gasteiger partial charge in [0.2, 0.25) is 5.95 Å². The second kappa shape index (κ2) is 10.0. The van der Waals surface area contributed by atoms with E-state index in [-0.39, 0.29) is 0 Å². The Labute approximate surface area is 186 Å². The normalized spacial score (nSPS) is 14.5. The summed E-state index contributed by atoms with van der Waals surface area (Å²) in [4.78, 5) is 14.4. The third-order valence-corrected chi connectivity index (χ3v) is 6.08. The number of aromatic nitrogens is 2. The highest BCUT2D eigenvalue weighted by Gasteiger charge is 2.18. The zero-order valence-electron chi connectivity index (χ0n) is 16.8. The van der Waals surface area contributed by atoms with Crippen LogP contribution >= 0.6 is 23.5 Å². The molecule has 30 heavy (non-hydrogen) atoms. The number of nitrogens with one attached hydrogen (secondary N) is 1. The van der Waals surface area contributed by atoms with Crippen molar-refractivity contribution in [2.75, 3.05) is 42.9 Å². The van der Waals surface area contributed by atoms with Crippen molar-refractivity contribution in [3.63, 3.8) is 0 Å². The molecule has 0 aliphatic carbocycles. The lowest BCUT2D eigenvalue weighted by Gasteiger charge is -2.34. The largest absolute Gasteiger partial charge is 0.496 e. The van der Waals surface area contributed by atoms with Crippen LogP contribution in [0.2, 0.25) is 5.02 Å². The second-order valence-electron chi connectivity index (χ2n) is 7.01. The van der Waals surface area contributed by atoms with Crippen molar-refractivity contribution in [2.45, 2.75) is 11.4 Å². The lowest BCUT2D eigenvalue weighted by atomic mass is 10.2. The molecular weight excluding hydrogens is 418 g/mol.